The lowest BCUT2D eigenvalue weighted by atomic mass is 9.95. The van der Waals surface area contributed by atoms with Crippen LogP contribution >= 0.6 is 12.4 Å². The van der Waals surface area contributed by atoms with Crippen molar-refractivity contribution < 1.29 is 0 Å². The van der Waals surface area contributed by atoms with Crippen molar-refractivity contribution in [3.63, 3.8) is 0 Å². The maximum absolute atomic E-state index is 11.8. The lowest BCUT2D eigenvalue weighted by Gasteiger charge is -2.36. The van der Waals surface area contributed by atoms with Gasteiger partial charge in [0.15, 0.2) is 0 Å². The topological polar surface area (TPSA) is 100 Å². The van der Waals surface area contributed by atoms with Crippen LogP contribution in [-0.4, -0.2) is 62.4 Å². The number of unbranched alkanes of at least 4 members (excludes halogenated alkanes) is 1. The Bertz CT molecular complexity index is 1020. The van der Waals surface area contributed by atoms with Gasteiger partial charge in [0.2, 0.25) is 0 Å². The number of aryl methyl sites for hydroxylation is 3. The van der Waals surface area contributed by atoms with Crippen molar-refractivity contribution in [2.75, 3.05) is 37.6 Å². The van der Waals surface area contributed by atoms with Crippen LogP contribution < -0.4 is 16.1 Å². The molecule has 184 valence electrons. The fraction of sp³-hybridized carbons (Fsp3) is 0.696. The predicted molar refractivity (Wildman–Crippen MR) is 134 cm³/mol. The Kier molecular flexibility index (Phi) is 9.60. The van der Waals surface area contributed by atoms with E-state index in [-0.39, 0.29) is 17.8 Å². The van der Waals surface area contributed by atoms with E-state index in [0.29, 0.717) is 12.2 Å². The van der Waals surface area contributed by atoms with E-state index < -0.39 is 11.2 Å². The molecule has 2 aromatic rings. The second-order valence-electron chi connectivity index (χ2n) is 9.64. The highest BCUT2D eigenvalue weighted by atomic mass is 35.5. The summed E-state index contributed by atoms with van der Waals surface area (Å²) < 4.78 is 1.35. The number of hydrogen-bond donors (Lipinski definition) is 1. The Hall–Kier alpha value is -2.26. The van der Waals surface area contributed by atoms with E-state index in [0.717, 1.165) is 75.7 Å². The van der Waals surface area contributed by atoms with Crippen LogP contribution in [0.5, 0.6) is 0 Å². The molecule has 0 amide bonds. The number of anilines is 1. The first-order valence-corrected chi connectivity index (χ1v) is 11.7. The zero-order chi connectivity index (χ0) is 23.3. The minimum atomic E-state index is -0.434. The van der Waals surface area contributed by atoms with E-state index >= 15 is 0 Å². The first kappa shape index (κ1) is 27.0. The number of rotatable bonds is 8. The van der Waals surface area contributed by atoms with Gasteiger partial charge in [-0.15, -0.1) is 12.4 Å². The third kappa shape index (κ3) is 7.37. The Morgan fingerprint density at radius 1 is 1.03 bits per heavy atom. The number of piperazine rings is 1. The molecule has 10 heteroatoms. The van der Waals surface area contributed by atoms with Crippen LogP contribution in [0.2, 0.25) is 0 Å². The van der Waals surface area contributed by atoms with Gasteiger partial charge in [-0.2, -0.15) is 5.10 Å². The highest BCUT2D eigenvalue weighted by molar-refractivity contribution is 5.85. The summed E-state index contributed by atoms with van der Waals surface area (Å²) in [7, 11) is 0. The summed E-state index contributed by atoms with van der Waals surface area (Å²) in [6.45, 7) is 15.7. The van der Waals surface area contributed by atoms with Gasteiger partial charge in [-0.05, 0) is 32.7 Å². The molecule has 1 N–H and O–H groups in total. The van der Waals surface area contributed by atoms with Gasteiger partial charge in [0.1, 0.15) is 17.3 Å². The minimum absolute atomic E-state index is 0. The standard InChI is InChI=1S/C23H37N7O2.ClH/c1-6-9-18-16-19(25-21(24-18)23(3,4)5)29-14-12-28(13-15-29)10-7-8-11-30-22(32)26-20(31)17(2)27-30;/h16H,6-15H2,1-5H3,(H,26,31,32);1H. The molecule has 3 rings (SSSR count). The van der Waals surface area contributed by atoms with Crippen LogP contribution in [0.3, 0.4) is 0 Å². The van der Waals surface area contributed by atoms with Crippen molar-refractivity contribution in [2.45, 2.75) is 72.3 Å². The third-order valence-electron chi connectivity index (χ3n) is 5.79. The third-order valence-corrected chi connectivity index (χ3v) is 5.79. The molecule has 1 aliphatic rings. The number of hydrogen-bond acceptors (Lipinski definition) is 7. The van der Waals surface area contributed by atoms with Gasteiger partial charge in [0, 0.05) is 49.9 Å². The zero-order valence-corrected chi connectivity index (χ0v) is 21.4. The fourth-order valence-corrected chi connectivity index (χ4v) is 3.84. The van der Waals surface area contributed by atoms with Gasteiger partial charge >= 0.3 is 5.69 Å². The first-order valence-electron chi connectivity index (χ1n) is 11.7. The van der Waals surface area contributed by atoms with E-state index in [1.54, 1.807) is 6.92 Å². The molecule has 9 nitrogen and oxygen atoms in total. The van der Waals surface area contributed by atoms with E-state index in [2.05, 4.69) is 53.6 Å². The highest BCUT2D eigenvalue weighted by Gasteiger charge is 2.23. The SMILES string of the molecule is CCCc1cc(N2CCN(CCCCn3nc(C)c(=O)[nH]c3=O)CC2)nc(C(C)(C)C)n1.Cl. The summed E-state index contributed by atoms with van der Waals surface area (Å²) in [5.41, 5.74) is 0.537. The summed E-state index contributed by atoms with van der Waals surface area (Å²) in [4.78, 5) is 40.1. The summed E-state index contributed by atoms with van der Waals surface area (Å²) in [6.07, 6.45) is 3.88. The van der Waals surface area contributed by atoms with Gasteiger partial charge in [0.25, 0.3) is 5.56 Å². The molecule has 0 aliphatic carbocycles. The summed E-state index contributed by atoms with van der Waals surface area (Å²) in [5.74, 6) is 1.97. The maximum Gasteiger partial charge on any atom is 0.344 e. The molecule has 1 saturated heterocycles. The Morgan fingerprint density at radius 2 is 1.70 bits per heavy atom. The van der Waals surface area contributed by atoms with E-state index in [1.165, 1.54) is 4.68 Å². The average Bonchev–Trinajstić information content (AvgIpc) is 2.74. The molecule has 3 heterocycles. The second-order valence-corrected chi connectivity index (χ2v) is 9.64. The molecule has 1 aliphatic heterocycles. The predicted octanol–water partition coefficient (Wildman–Crippen LogP) is 2.30. The van der Waals surface area contributed by atoms with Crippen molar-refractivity contribution in [1.29, 1.82) is 0 Å². The minimum Gasteiger partial charge on any atom is -0.354 e. The number of H-pyrrole nitrogens is 1. The fourth-order valence-electron chi connectivity index (χ4n) is 3.84. The lowest BCUT2D eigenvalue weighted by Crippen LogP contribution is -2.47. The van der Waals surface area contributed by atoms with Crippen LogP contribution in [-0.2, 0) is 18.4 Å². The van der Waals surface area contributed by atoms with Gasteiger partial charge in [-0.1, -0.05) is 34.1 Å². The Labute approximate surface area is 202 Å². The number of aromatic nitrogens is 5. The molecule has 0 aromatic carbocycles. The first-order chi connectivity index (χ1) is 15.2. The molecule has 0 saturated carbocycles. The lowest BCUT2D eigenvalue weighted by molar-refractivity contribution is 0.249. The second kappa shape index (κ2) is 11.7. The van der Waals surface area contributed by atoms with Gasteiger partial charge in [0.05, 0.1) is 0 Å². The summed E-state index contributed by atoms with van der Waals surface area (Å²) >= 11 is 0. The molecular weight excluding hydrogens is 442 g/mol. The van der Waals surface area contributed by atoms with Crippen molar-refractivity contribution in [2.24, 2.45) is 0 Å². The van der Waals surface area contributed by atoms with Crippen LogP contribution in [0.25, 0.3) is 0 Å². The number of nitrogens with zero attached hydrogens (tertiary/aromatic N) is 6. The van der Waals surface area contributed by atoms with E-state index in [1.807, 2.05) is 0 Å². The molecule has 2 aromatic heterocycles. The molecule has 0 unspecified atom stereocenters. The van der Waals surface area contributed by atoms with Gasteiger partial charge < -0.3 is 4.90 Å². The molecule has 1 fully saturated rings. The van der Waals surface area contributed by atoms with Crippen LogP contribution in [0.15, 0.2) is 15.7 Å². The van der Waals surface area contributed by atoms with Crippen molar-refractivity contribution in [1.82, 2.24) is 29.6 Å². The smallest absolute Gasteiger partial charge is 0.344 e. The largest absolute Gasteiger partial charge is 0.354 e. The normalized spacial score (nSPS) is 14.9. The highest BCUT2D eigenvalue weighted by Crippen LogP contribution is 2.23. The Morgan fingerprint density at radius 3 is 2.33 bits per heavy atom. The van der Waals surface area contributed by atoms with Gasteiger partial charge in [-0.3, -0.25) is 14.7 Å². The molecule has 0 bridgehead atoms. The zero-order valence-electron chi connectivity index (χ0n) is 20.6. The Balaban J connectivity index is 0.00000385. The summed E-state index contributed by atoms with van der Waals surface area (Å²) in [5, 5.41) is 4.07. The van der Waals surface area contributed by atoms with Crippen LogP contribution in [0.4, 0.5) is 5.82 Å². The van der Waals surface area contributed by atoms with E-state index in [4.69, 9.17) is 9.97 Å². The van der Waals surface area contributed by atoms with Crippen LogP contribution in [0.1, 0.15) is 64.2 Å². The van der Waals surface area contributed by atoms with Gasteiger partial charge in [-0.25, -0.2) is 19.4 Å². The maximum atomic E-state index is 11.8. The quantitative estimate of drug-likeness (QED) is 0.580. The monoisotopic (exact) mass is 479 g/mol. The average molecular weight is 480 g/mol. The molecule has 0 radical (unpaired) electrons. The molecule has 33 heavy (non-hydrogen) atoms. The molecular formula is C23H38ClN7O2. The number of nitrogens with one attached hydrogen (secondary N) is 1. The van der Waals surface area contributed by atoms with E-state index in [9.17, 15) is 9.59 Å². The number of halogens is 1. The van der Waals surface area contributed by atoms with Crippen molar-refractivity contribution in [3.8, 4) is 0 Å². The number of aromatic amines is 1. The van der Waals surface area contributed by atoms with Crippen LogP contribution in [0, 0.1) is 6.92 Å². The molecule has 0 atom stereocenters. The van der Waals surface area contributed by atoms with Crippen molar-refractivity contribution in [3.05, 3.63) is 44.1 Å². The van der Waals surface area contributed by atoms with Crippen molar-refractivity contribution >= 4 is 18.2 Å². The molecule has 0 spiro atoms. The summed E-state index contributed by atoms with van der Waals surface area (Å²) in [6, 6.07) is 2.16.